The number of phenols is 1. The Bertz CT molecular complexity index is 1030. The number of benzene rings is 1. The van der Waals surface area contributed by atoms with Crippen molar-refractivity contribution in [1.82, 2.24) is 20.4 Å². The Balaban J connectivity index is 1.76. The van der Waals surface area contributed by atoms with Crippen LogP contribution in [0.5, 0.6) is 5.75 Å². The quantitative estimate of drug-likeness (QED) is 0.623. The molecule has 26 heavy (non-hydrogen) atoms. The standard InChI is InChI=1S/C19H17N5O2/c1-3-11-4-5-13(15(25)8-11)16-14-6-7-20-22-17(14)18(24-23-16)21-12-9-19(2,26)10-12/h1,4-8,12,25-26H,9-10H2,2H3,(H,21,24). The molecule has 0 atom stereocenters. The Labute approximate surface area is 150 Å². The molecule has 0 unspecified atom stereocenters. The second-order valence-electron chi connectivity index (χ2n) is 6.81. The zero-order valence-corrected chi connectivity index (χ0v) is 14.1. The molecule has 3 aromatic rings. The van der Waals surface area contributed by atoms with Crippen LogP contribution in [0, 0.1) is 12.3 Å². The zero-order valence-electron chi connectivity index (χ0n) is 14.1. The van der Waals surface area contributed by atoms with E-state index >= 15 is 0 Å². The zero-order chi connectivity index (χ0) is 18.3. The van der Waals surface area contributed by atoms with Gasteiger partial charge in [-0.25, -0.2) is 0 Å². The summed E-state index contributed by atoms with van der Waals surface area (Å²) in [6.45, 7) is 1.81. The van der Waals surface area contributed by atoms with Gasteiger partial charge >= 0.3 is 0 Å². The van der Waals surface area contributed by atoms with Crippen LogP contribution in [-0.4, -0.2) is 42.3 Å². The minimum Gasteiger partial charge on any atom is -0.507 e. The summed E-state index contributed by atoms with van der Waals surface area (Å²) in [4.78, 5) is 0. The van der Waals surface area contributed by atoms with Crippen LogP contribution in [-0.2, 0) is 0 Å². The first-order chi connectivity index (χ1) is 12.5. The Morgan fingerprint density at radius 3 is 2.73 bits per heavy atom. The molecule has 7 nitrogen and oxygen atoms in total. The van der Waals surface area contributed by atoms with E-state index in [0.717, 1.165) is 0 Å². The molecule has 130 valence electrons. The number of fused-ring (bicyclic) bond motifs is 1. The SMILES string of the molecule is C#Cc1ccc(-c2nnc(NC3CC(C)(O)C3)c3nnccc23)c(O)c1. The van der Waals surface area contributed by atoms with Gasteiger partial charge < -0.3 is 15.5 Å². The van der Waals surface area contributed by atoms with Gasteiger partial charge in [0.05, 0.1) is 11.8 Å². The molecule has 1 saturated carbocycles. The minimum absolute atomic E-state index is 0.0311. The molecule has 2 aromatic heterocycles. The molecular weight excluding hydrogens is 330 g/mol. The fourth-order valence-electron chi connectivity index (χ4n) is 3.31. The molecule has 0 spiro atoms. The first-order valence-corrected chi connectivity index (χ1v) is 8.24. The lowest BCUT2D eigenvalue weighted by atomic mass is 9.77. The van der Waals surface area contributed by atoms with E-state index in [0.29, 0.717) is 46.4 Å². The van der Waals surface area contributed by atoms with Crippen molar-refractivity contribution in [2.75, 3.05) is 5.32 Å². The molecule has 1 aliphatic carbocycles. The van der Waals surface area contributed by atoms with Crippen molar-refractivity contribution < 1.29 is 10.2 Å². The summed E-state index contributed by atoms with van der Waals surface area (Å²) in [7, 11) is 0. The van der Waals surface area contributed by atoms with E-state index in [1.54, 1.807) is 31.3 Å². The molecule has 2 heterocycles. The highest BCUT2D eigenvalue weighted by molar-refractivity contribution is 5.98. The van der Waals surface area contributed by atoms with Gasteiger partial charge in [-0.05, 0) is 44.0 Å². The van der Waals surface area contributed by atoms with Crippen molar-refractivity contribution in [3.05, 3.63) is 36.0 Å². The number of aliphatic hydroxyl groups is 1. The van der Waals surface area contributed by atoms with Crippen molar-refractivity contribution in [1.29, 1.82) is 0 Å². The number of anilines is 1. The largest absolute Gasteiger partial charge is 0.507 e. The number of terminal acetylenes is 1. The van der Waals surface area contributed by atoms with Gasteiger partial charge in [0.2, 0.25) is 0 Å². The summed E-state index contributed by atoms with van der Waals surface area (Å²) in [5.74, 6) is 3.03. The number of phenolic OH excluding ortho intramolecular Hbond substituents is 1. The van der Waals surface area contributed by atoms with E-state index in [-0.39, 0.29) is 11.8 Å². The average molecular weight is 347 g/mol. The predicted octanol–water partition coefficient (Wildman–Crippen LogP) is 2.10. The number of rotatable bonds is 3. The van der Waals surface area contributed by atoms with Crippen LogP contribution in [0.2, 0.25) is 0 Å². The summed E-state index contributed by atoms with van der Waals surface area (Å²) < 4.78 is 0. The highest BCUT2D eigenvalue weighted by Gasteiger charge is 2.38. The number of nitrogens with zero attached hydrogens (tertiary/aromatic N) is 4. The van der Waals surface area contributed by atoms with Gasteiger partial charge in [-0.1, -0.05) is 5.92 Å². The molecule has 0 amide bonds. The molecule has 1 aromatic carbocycles. The van der Waals surface area contributed by atoms with E-state index in [9.17, 15) is 10.2 Å². The Hall–Kier alpha value is -3.24. The lowest BCUT2D eigenvalue weighted by molar-refractivity contribution is -0.0235. The number of hydrogen-bond acceptors (Lipinski definition) is 7. The van der Waals surface area contributed by atoms with Crippen LogP contribution >= 0.6 is 0 Å². The highest BCUT2D eigenvalue weighted by atomic mass is 16.3. The topological polar surface area (TPSA) is 104 Å². The summed E-state index contributed by atoms with van der Waals surface area (Å²) >= 11 is 0. The van der Waals surface area contributed by atoms with Crippen LogP contribution in [0.15, 0.2) is 30.5 Å². The third-order valence-electron chi connectivity index (χ3n) is 4.58. The highest BCUT2D eigenvalue weighted by Crippen LogP contribution is 2.37. The Morgan fingerprint density at radius 1 is 1.23 bits per heavy atom. The van der Waals surface area contributed by atoms with Crippen LogP contribution in [0.1, 0.15) is 25.3 Å². The van der Waals surface area contributed by atoms with Gasteiger partial charge in [-0.3, -0.25) is 0 Å². The first kappa shape index (κ1) is 16.2. The summed E-state index contributed by atoms with van der Waals surface area (Å²) in [6, 6.07) is 6.85. The monoisotopic (exact) mass is 347 g/mol. The van der Waals surface area contributed by atoms with Crippen molar-refractivity contribution in [3.8, 4) is 29.4 Å². The van der Waals surface area contributed by atoms with Crippen LogP contribution in [0.4, 0.5) is 5.82 Å². The van der Waals surface area contributed by atoms with Gasteiger partial charge in [0.15, 0.2) is 5.82 Å². The molecule has 0 aliphatic heterocycles. The summed E-state index contributed by atoms with van der Waals surface area (Å²) in [6.07, 6.45) is 8.20. The molecule has 1 aliphatic rings. The number of aromatic nitrogens is 4. The second-order valence-corrected chi connectivity index (χ2v) is 6.81. The van der Waals surface area contributed by atoms with E-state index in [4.69, 9.17) is 6.42 Å². The van der Waals surface area contributed by atoms with Crippen LogP contribution in [0.25, 0.3) is 22.2 Å². The fourth-order valence-corrected chi connectivity index (χ4v) is 3.31. The van der Waals surface area contributed by atoms with Gasteiger partial charge in [-0.15, -0.1) is 21.7 Å². The predicted molar refractivity (Wildman–Crippen MR) is 97.4 cm³/mol. The maximum Gasteiger partial charge on any atom is 0.177 e. The van der Waals surface area contributed by atoms with Crippen molar-refractivity contribution in [2.24, 2.45) is 0 Å². The minimum atomic E-state index is -0.642. The smallest absolute Gasteiger partial charge is 0.177 e. The summed E-state index contributed by atoms with van der Waals surface area (Å²) in [5.41, 5.74) is 1.52. The van der Waals surface area contributed by atoms with E-state index in [2.05, 4.69) is 31.6 Å². The van der Waals surface area contributed by atoms with Crippen molar-refractivity contribution in [3.63, 3.8) is 0 Å². The van der Waals surface area contributed by atoms with Gasteiger partial charge in [0.25, 0.3) is 0 Å². The maximum atomic E-state index is 10.3. The fraction of sp³-hybridized carbons (Fsp3) is 0.263. The van der Waals surface area contributed by atoms with Gasteiger partial charge in [-0.2, -0.15) is 5.10 Å². The van der Waals surface area contributed by atoms with E-state index < -0.39 is 5.60 Å². The van der Waals surface area contributed by atoms with Crippen LogP contribution in [0.3, 0.4) is 0 Å². The third kappa shape index (κ3) is 2.80. The lowest BCUT2D eigenvalue weighted by Crippen LogP contribution is -2.48. The molecule has 0 saturated heterocycles. The van der Waals surface area contributed by atoms with Crippen molar-refractivity contribution in [2.45, 2.75) is 31.4 Å². The maximum absolute atomic E-state index is 10.3. The average Bonchev–Trinajstić information content (AvgIpc) is 2.61. The van der Waals surface area contributed by atoms with Gasteiger partial charge in [0, 0.05) is 22.6 Å². The third-order valence-corrected chi connectivity index (χ3v) is 4.58. The molecule has 4 rings (SSSR count). The normalized spacial score (nSPS) is 21.8. The molecule has 0 bridgehead atoms. The molecule has 0 radical (unpaired) electrons. The van der Waals surface area contributed by atoms with Crippen LogP contribution < -0.4 is 5.32 Å². The first-order valence-electron chi connectivity index (χ1n) is 8.24. The number of aromatic hydroxyl groups is 1. The molecule has 7 heteroatoms. The van der Waals surface area contributed by atoms with E-state index in [1.807, 2.05) is 0 Å². The molecular formula is C19H17N5O2. The summed E-state index contributed by atoms with van der Waals surface area (Å²) in [5, 5.41) is 40.8. The Morgan fingerprint density at radius 2 is 2.04 bits per heavy atom. The second kappa shape index (κ2) is 5.93. The number of nitrogens with one attached hydrogen (secondary N) is 1. The van der Waals surface area contributed by atoms with Crippen molar-refractivity contribution >= 4 is 16.7 Å². The Kier molecular flexibility index (Phi) is 3.71. The molecule has 1 fully saturated rings. The lowest BCUT2D eigenvalue weighted by Gasteiger charge is -2.41. The van der Waals surface area contributed by atoms with E-state index in [1.165, 1.54) is 6.07 Å². The number of hydrogen-bond donors (Lipinski definition) is 3. The van der Waals surface area contributed by atoms with Gasteiger partial charge in [0.1, 0.15) is 17.0 Å². The molecule has 3 N–H and O–H groups in total.